The van der Waals surface area contributed by atoms with Crippen LogP contribution in [-0.4, -0.2) is 48.1 Å². The standard InChI is InChI=1S/C29H36O9/c1-14(30)37-25-17-11-16-18(29(5,23(17)33)22(27(25,2)3)21(32)26(34)35-6)7-9-28(4)19(16)12-20(31)38-24(28)15-8-10-36-13-15/h8,10,13,17-18,21-22,24-25,32H,7,9,11-12H2,1-6H3/t17-,18-,21+,22-,24-,25+,28+,29+/m0/s1. The Kier molecular flexibility index (Phi) is 6.17. The average molecular weight is 529 g/mol. The number of ether oxygens (including phenoxy) is 3. The molecule has 2 bridgehead atoms. The largest absolute Gasteiger partial charge is 0.472 e. The minimum Gasteiger partial charge on any atom is -0.472 e. The van der Waals surface area contributed by atoms with Crippen molar-refractivity contribution < 1.29 is 42.9 Å². The highest BCUT2D eigenvalue weighted by atomic mass is 16.6. The van der Waals surface area contributed by atoms with Crippen molar-refractivity contribution in [2.45, 2.75) is 78.6 Å². The Hall–Kier alpha value is -2.94. The van der Waals surface area contributed by atoms with E-state index in [4.69, 9.17) is 18.6 Å². The van der Waals surface area contributed by atoms with Crippen molar-refractivity contribution >= 4 is 23.7 Å². The quantitative estimate of drug-likeness (QED) is 0.353. The molecule has 1 saturated heterocycles. The van der Waals surface area contributed by atoms with Gasteiger partial charge in [0.1, 0.15) is 18.0 Å². The summed E-state index contributed by atoms with van der Waals surface area (Å²) in [4.78, 5) is 52.1. The van der Waals surface area contributed by atoms with Crippen LogP contribution >= 0.6 is 0 Å². The SMILES string of the molecule is COC(=O)[C@H](O)[C@H]1C(C)(C)[C@H](OC(C)=O)[C@H]2CC3=C4CC(=O)O[C@@H](c5ccoc5)[C@]4(C)CC[C@@H]3[C@@]1(C)C2=O. The van der Waals surface area contributed by atoms with Gasteiger partial charge in [-0.25, -0.2) is 4.79 Å². The van der Waals surface area contributed by atoms with Crippen LogP contribution < -0.4 is 0 Å². The van der Waals surface area contributed by atoms with Gasteiger partial charge >= 0.3 is 17.9 Å². The maximum Gasteiger partial charge on any atom is 0.335 e. The van der Waals surface area contributed by atoms with Gasteiger partial charge in [-0.15, -0.1) is 0 Å². The molecule has 3 aliphatic carbocycles. The molecule has 4 aliphatic rings. The van der Waals surface area contributed by atoms with Crippen molar-refractivity contribution in [1.82, 2.24) is 0 Å². The van der Waals surface area contributed by atoms with Crippen LogP contribution in [0.5, 0.6) is 0 Å². The van der Waals surface area contributed by atoms with Crippen LogP contribution in [-0.2, 0) is 33.4 Å². The fourth-order valence-corrected chi connectivity index (χ4v) is 8.57. The molecular weight excluding hydrogens is 492 g/mol. The van der Waals surface area contributed by atoms with Gasteiger partial charge in [0.2, 0.25) is 0 Å². The second kappa shape index (κ2) is 8.79. The van der Waals surface area contributed by atoms with Crippen molar-refractivity contribution in [2.75, 3.05) is 7.11 Å². The van der Waals surface area contributed by atoms with Crippen LogP contribution in [0.3, 0.4) is 0 Å². The van der Waals surface area contributed by atoms with E-state index in [9.17, 15) is 24.3 Å². The molecule has 9 nitrogen and oxygen atoms in total. The number of Topliss-reactive ketones (excluding diaryl/α,β-unsaturated/α-hetero) is 1. The molecule has 0 unspecified atom stereocenters. The minimum atomic E-state index is -1.60. The van der Waals surface area contributed by atoms with E-state index in [0.717, 1.165) is 16.7 Å². The van der Waals surface area contributed by atoms with Gasteiger partial charge in [0.25, 0.3) is 0 Å². The van der Waals surface area contributed by atoms with E-state index in [2.05, 4.69) is 6.92 Å². The van der Waals surface area contributed by atoms with Crippen molar-refractivity contribution in [3.8, 4) is 0 Å². The third kappa shape index (κ3) is 3.53. The van der Waals surface area contributed by atoms with Crippen LogP contribution in [0.25, 0.3) is 0 Å². The van der Waals surface area contributed by atoms with Crippen molar-refractivity contribution in [3.05, 3.63) is 35.3 Å². The van der Waals surface area contributed by atoms with E-state index < -0.39 is 58.3 Å². The lowest BCUT2D eigenvalue weighted by Gasteiger charge is -2.64. The van der Waals surface area contributed by atoms with Gasteiger partial charge in [0, 0.05) is 34.7 Å². The predicted molar refractivity (Wildman–Crippen MR) is 132 cm³/mol. The number of ketones is 1. The summed E-state index contributed by atoms with van der Waals surface area (Å²) in [6.07, 6.45) is 1.82. The number of cyclic esters (lactones) is 1. The number of fused-ring (bicyclic) bond motifs is 5. The van der Waals surface area contributed by atoms with Gasteiger partial charge in [-0.1, -0.05) is 33.3 Å². The zero-order chi connectivity index (χ0) is 27.8. The fourth-order valence-electron chi connectivity index (χ4n) is 8.57. The molecule has 1 aromatic rings. The molecule has 0 spiro atoms. The first kappa shape index (κ1) is 26.7. The van der Waals surface area contributed by atoms with Gasteiger partial charge in [-0.3, -0.25) is 14.4 Å². The first-order valence-corrected chi connectivity index (χ1v) is 13.2. The number of esters is 3. The second-order valence-electron chi connectivity index (χ2n) is 12.4. The van der Waals surface area contributed by atoms with Gasteiger partial charge < -0.3 is 23.7 Å². The Bertz CT molecular complexity index is 1210. The molecule has 38 heavy (non-hydrogen) atoms. The molecule has 9 heteroatoms. The minimum absolute atomic E-state index is 0.0967. The number of hydrogen-bond acceptors (Lipinski definition) is 9. The van der Waals surface area contributed by atoms with E-state index in [0.29, 0.717) is 19.3 Å². The Balaban J connectivity index is 1.72. The zero-order valence-electron chi connectivity index (χ0n) is 22.7. The lowest BCUT2D eigenvalue weighted by molar-refractivity contribution is -0.212. The third-order valence-corrected chi connectivity index (χ3v) is 10.1. The topological polar surface area (TPSA) is 129 Å². The molecule has 206 valence electrons. The molecule has 0 radical (unpaired) electrons. The van der Waals surface area contributed by atoms with E-state index in [-0.39, 0.29) is 24.1 Å². The van der Waals surface area contributed by atoms with Crippen LogP contribution in [0.15, 0.2) is 34.2 Å². The van der Waals surface area contributed by atoms with Crippen LogP contribution in [0.2, 0.25) is 0 Å². The average Bonchev–Trinajstić information content (AvgIpc) is 3.38. The molecule has 3 fully saturated rings. The molecule has 2 saturated carbocycles. The van der Waals surface area contributed by atoms with E-state index in [1.54, 1.807) is 18.6 Å². The summed E-state index contributed by atoms with van der Waals surface area (Å²) in [5.41, 5.74) is 0.102. The molecule has 0 amide bonds. The summed E-state index contributed by atoms with van der Waals surface area (Å²) in [5, 5.41) is 11.3. The monoisotopic (exact) mass is 528 g/mol. The molecule has 1 aliphatic heterocycles. The maximum atomic E-state index is 14.3. The van der Waals surface area contributed by atoms with E-state index in [1.165, 1.54) is 14.0 Å². The molecule has 2 heterocycles. The van der Waals surface area contributed by atoms with E-state index in [1.807, 2.05) is 20.8 Å². The number of aliphatic hydroxyl groups is 1. The lowest BCUT2D eigenvalue weighted by Crippen LogP contribution is -2.69. The Labute approximate surface area is 221 Å². The van der Waals surface area contributed by atoms with Gasteiger partial charge in [0.05, 0.1) is 32.0 Å². The first-order valence-electron chi connectivity index (χ1n) is 13.2. The molecule has 1 N–H and O–H groups in total. The summed E-state index contributed by atoms with van der Waals surface area (Å²) in [5.74, 6) is -3.72. The first-order chi connectivity index (χ1) is 17.8. The lowest BCUT2D eigenvalue weighted by atomic mass is 9.40. The number of aliphatic hydroxyl groups excluding tert-OH is 1. The van der Waals surface area contributed by atoms with E-state index >= 15 is 0 Å². The fraction of sp³-hybridized carbons (Fsp3) is 0.655. The number of allylic oxidation sites excluding steroid dienone is 1. The predicted octanol–water partition coefficient (Wildman–Crippen LogP) is 3.70. The Morgan fingerprint density at radius 1 is 1.18 bits per heavy atom. The van der Waals surface area contributed by atoms with Crippen LogP contribution in [0.4, 0.5) is 0 Å². The molecule has 8 atom stereocenters. The molecule has 1 aromatic heterocycles. The summed E-state index contributed by atoms with van der Waals surface area (Å²) in [7, 11) is 1.20. The van der Waals surface area contributed by atoms with Crippen molar-refractivity contribution in [1.29, 1.82) is 0 Å². The number of rotatable bonds is 4. The normalized spacial score (nSPS) is 38.4. The molecule has 5 rings (SSSR count). The van der Waals surface area contributed by atoms with Gasteiger partial charge in [0.15, 0.2) is 6.10 Å². The highest BCUT2D eigenvalue weighted by Crippen LogP contribution is 2.68. The Morgan fingerprint density at radius 3 is 2.50 bits per heavy atom. The Morgan fingerprint density at radius 2 is 1.89 bits per heavy atom. The molecular formula is C29H36O9. The molecule has 0 aromatic carbocycles. The van der Waals surface area contributed by atoms with Crippen LogP contribution in [0.1, 0.15) is 72.0 Å². The highest BCUT2D eigenvalue weighted by molar-refractivity contribution is 5.93. The zero-order valence-corrected chi connectivity index (χ0v) is 22.7. The van der Waals surface area contributed by atoms with Crippen molar-refractivity contribution in [3.63, 3.8) is 0 Å². The smallest absolute Gasteiger partial charge is 0.335 e. The summed E-state index contributed by atoms with van der Waals surface area (Å²) in [6.45, 7) is 8.88. The summed E-state index contributed by atoms with van der Waals surface area (Å²) in [6, 6.07) is 1.80. The number of hydrogen-bond donors (Lipinski definition) is 1. The van der Waals surface area contributed by atoms with Crippen molar-refractivity contribution in [2.24, 2.45) is 34.0 Å². The van der Waals surface area contributed by atoms with Gasteiger partial charge in [-0.05, 0) is 36.8 Å². The summed E-state index contributed by atoms with van der Waals surface area (Å²) < 4.78 is 21.9. The number of methoxy groups -OCH3 is 1. The summed E-state index contributed by atoms with van der Waals surface area (Å²) >= 11 is 0. The number of furan rings is 1. The number of carbonyl (C=O) groups excluding carboxylic acids is 4. The highest BCUT2D eigenvalue weighted by Gasteiger charge is 2.70. The maximum absolute atomic E-state index is 14.3. The van der Waals surface area contributed by atoms with Crippen LogP contribution in [0, 0.1) is 34.0 Å². The number of carbonyl (C=O) groups is 4. The second-order valence-corrected chi connectivity index (χ2v) is 12.4. The van der Waals surface area contributed by atoms with Gasteiger partial charge in [-0.2, -0.15) is 0 Å². The third-order valence-electron chi connectivity index (χ3n) is 10.1.